The lowest BCUT2D eigenvalue weighted by Gasteiger charge is -2.16. The van der Waals surface area contributed by atoms with E-state index < -0.39 is 0 Å². The maximum atomic E-state index is 3.47. The zero-order valence-corrected chi connectivity index (χ0v) is 12.2. The fraction of sp³-hybridized carbons (Fsp3) is 0.571. The van der Waals surface area contributed by atoms with Crippen LogP contribution < -0.4 is 5.32 Å². The Kier molecular flexibility index (Phi) is 4.46. The van der Waals surface area contributed by atoms with Crippen LogP contribution >= 0.6 is 15.9 Å². The normalized spacial score (nSPS) is 25.1. The summed E-state index contributed by atoms with van der Waals surface area (Å²) in [5.41, 5.74) is 1.20. The van der Waals surface area contributed by atoms with Gasteiger partial charge in [0, 0.05) is 36.3 Å². The molecule has 17 heavy (non-hydrogen) atoms. The van der Waals surface area contributed by atoms with E-state index >= 15 is 0 Å². The van der Waals surface area contributed by atoms with Gasteiger partial charge in [-0.05, 0) is 36.1 Å². The van der Waals surface area contributed by atoms with Crippen LogP contribution in [0.15, 0.2) is 28.7 Å². The third-order valence-corrected chi connectivity index (χ3v) is 4.19. The van der Waals surface area contributed by atoms with E-state index in [0.29, 0.717) is 0 Å². The van der Waals surface area contributed by atoms with Gasteiger partial charge in [-0.2, -0.15) is 0 Å². The van der Waals surface area contributed by atoms with Crippen LogP contribution in [-0.2, 0) is 0 Å². The van der Waals surface area contributed by atoms with E-state index in [0.717, 1.165) is 29.4 Å². The minimum Gasteiger partial charge on any atom is -0.384 e. The molecule has 1 aromatic rings. The number of nitrogens with zero attached hydrogens (tertiary/aromatic N) is 1. The van der Waals surface area contributed by atoms with Crippen molar-refractivity contribution in [2.24, 2.45) is 11.8 Å². The van der Waals surface area contributed by atoms with Crippen LogP contribution in [0.25, 0.3) is 0 Å². The van der Waals surface area contributed by atoms with Gasteiger partial charge in [-0.1, -0.05) is 29.8 Å². The van der Waals surface area contributed by atoms with E-state index in [1.165, 1.54) is 18.8 Å². The predicted molar refractivity (Wildman–Crippen MR) is 77.4 cm³/mol. The van der Waals surface area contributed by atoms with Crippen LogP contribution in [0.1, 0.15) is 13.8 Å². The van der Waals surface area contributed by atoms with Gasteiger partial charge in [0.25, 0.3) is 0 Å². The summed E-state index contributed by atoms with van der Waals surface area (Å²) in [6.45, 7) is 9.39. The van der Waals surface area contributed by atoms with Gasteiger partial charge in [0.1, 0.15) is 0 Å². The molecule has 2 nitrogen and oxygen atoms in total. The molecule has 94 valence electrons. The molecule has 1 fully saturated rings. The first kappa shape index (κ1) is 12.9. The van der Waals surface area contributed by atoms with Gasteiger partial charge in [-0.15, -0.1) is 0 Å². The van der Waals surface area contributed by atoms with Crippen molar-refractivity contribution in [2.75, 3.05) is 31.5 Å². The molecular weight excluding hydrogens is 276 g/mol. The number of likely N-dealkylation sites (tertiary alicyclic amines) is 1. The van der Waals surface area contributed by atoms with Crippen molar-refractivity contribution in [3.8, 4) is 0 Å². The summed E-state index contributed by atoms with van der Waals surface area (Å²) in [4.78, 5) is 2.56. The summed E-state index contributed by atoms with van der Waals surface area (Å²) < 4.78 is 1.13. The maximum Gasteiger partial charge on any atom is 0.0341 e. The maximum absolute atomic E-state index is 3.47. The lowest BCUT2D eigenvalue weighted by molar-refractivity contribution is 0.337. The van der Waals surface area contributed by atoms with Crippen LogP contribution in [0.5, 0.6) is 0 Å². The Morgan fingerprint density at radius 3 is 2.35 bits per heavy atom. The lowest BCUT2D eigenvalue weighted by atomic mass is 10.0. The number of nitrogens with one attached hydrogen (secondary N) is 1. The Labute approximate surface area is 113 Å². The zero-order chi connectivity index (χ0) is 12.3. The number of benzene rings is 1. The second-order valence-electron chi connectivity index (χ2n) is 5.15. The minimum atomic E-state index is 0.850. The standard InChI is InChI=1S/C14H21BrN2/c1-11-9-17(10-12(11)2)8-7-16-14-5-3-13(15)4-6-14/h3-6,11-12,16H,7-10H2,1-2H3. The largest absolute Gasteiger partial charge is 0.384 e. The SMILES string of the molecule is CC1CN(CCNc2ccc(Br)cc2)CC1C. The van der Waals surface area contributed by atoms with Crippen LogP contribution in [-0.4, -0.2) is 31.1 Å². The molecule has 3 heteroatoms. The Morgan fingerprint density at radius 1 is 1.18 bits per heavy atom. The van der Waals surface area contributed by atoms with Crippen molar-refractivity contribution in [1.29, 1.82) is 0 Å². The summed E-state index contributed by atoms with van der Waals surface area (Å²) in [5, 5.41) is 3.47. The highest BCUT2D eigenvalue weighted by atomic mass is 79.9. The molecule has 1 N–H and O–H groups in total. The first-order chi connectivity index (χ1) is 8.15. The number of hydrogen-bond donors (Lipinski definition) is 1. The van der Waals surface area contributed by atoms with Crippen LogP contribution in [0.4, 0.5) is 5.69 Å². The highest BCUT2D eigenvalue weighted by Crippen LogP contribution is 2.21. The third-order valence-electron chi connectivity index (χ3n) is 3.67. The van der Waals surface area contributed by atoms with Crippen molar-refractivity contribution < 1.29 is 0 Å². The fourth-order valence-corrected chi connectivity index (χ4v) is 2.62. The van der Waals surface area contributed by atoms with Crippen molar-refractivity contribution in [3.05, 3.63) is 28.7 Å². The lowest BCUT2D eigenvalue weighted by Crippen LogP contribution is -2.27. The summed E-state index contributed by atoms with van der Waals surface area (Å²) in [5.74, 6) is 1.70. The molecule has 0 saturated carbocycles. The van der Waals surface area contributed by atoms with E-state index in [9.17, 15) is 0 Å². The van der Waals surface area contributed by atoms with E-state index in [1.807, 2.05) is 0 Å². The fourth-order valence-electron chi connectivity index (χ4n) is 2.36. The first-order valence-corrected chi connectivity index (χ1v) is 7.16. The van der Waals surface area contributed by atoms with Gasteiger partial charge in [0.15, 0.2) is 0 Å². The molecule has 1 aliphatic heterocycles. The van der Waals surface area contributed by atoms with E-state index in [4.69, 9.17) is 0 Å². The Balaban J connectivity index is 1.71. The average Bonchev–Trinajstić information content (AvgIpc) is 2.61. The van der Waals surface area contributed by atoms with Gasteiger partial charge in [-0.25, -0.2) is 0 Å². The number of hydrogen-bond acceptors (Lipinski definition) is 2. The Morgan fingerprint density at radius 2 is 1.76 bits per heavy atom. The van der Waals surface area contributed by atoms with Crippen molar-refractivity contribution in [2.45, 2.75) is 13.8 Å². The molecule has 0 aliphatic carbocycles. The van der Waals surface area contributed by atoms with Gasteiger partial charge in [-0.3, -0.25) is 0 Å². The summed E-state index contributed by atoms with van der Waals surface area (Å²) in [7, 11) is 0. The quantitative estimate of drug-likeness (QED) is 0.915. The van der Waals surface area contributed by atoms with Crippen molar-refractivity contribution >= 4 is 21.6 Å². The molecule has 0 radical (unpaired) electrons. The molecule has 0 spiro atoms. The van der Waals surface area contributed by atoms with Gasteiger partial charge < -0.3 is 10.2 Å². The summed E-state index contributed by atoms with van der Waals surface area (Å²) in [6.07, 6.45) is 0. The molecule has 1 saturated heterocycles. The molecular formula is C14H21BrN2. The second kappa shape index (κ2) is 5.87. The smallest absolute Gasteiger partial charge is 0.0341 e. The number of anilines is 1. The molecule has 0 aromatic heterocycles. The van der Waals surface area contributed by atoms with Crippen LogP contribution in [0.3, 0.4) is 0 Å². The van der Waals surface area contributed by atoms with Crippen molar-refractivity contribution in [3.63, 3.8) is 0 Å². The van der Waals surface area contributed by atoms with Gasteiger partial charge in [0.05, 0.1) is 0 Å². The molecule has 2 atom stereocenters. The molecule has 1 aliphatic rings. The highest BCUT2D eigenvalue weighted by Gasteiger charge is 2.25. The number of rotatable bonds is 4. The highest BCUT2D eigenvalue weighted by molar-refractivity contribution is 9.10. The zero-order valence-electron chi connectivity index (χ0n) is 10.6. The topological polar surface area (TPSA) is 15.3 Å². The molecule has 2 rings (SSSR count). The number of halogens is 1. The van der Waals surface area contributed by atoms with E-state index in [1.54, 1.807) is 0 Å². The van der Waals surface area contributed by atoms with Crippen molar-refractivity contribution in [1.82, 2.24) is 4.90 Å². The molecule has 1 aromatic carbocycles. The Bertz CT molecular complexity index is 340. The van der Waals surface area contributed by atoms with Gasteiger partial charge in [0.2, 0.25) is 0 Å². The van der Waals surface area contributed by atoms with E-state index in [2.05, 4.69) is 64.3 Å². The first-order valence-electron chi connectivity index (χ1n) is 6.37. The Hall–Kier alpha value is -0.540. The second-order valence-corrected chi connectivity index (χ2v) is 6.06. The molecule has 1 heterocycles. The third kappa shape index (κ3) is 3.71. The van der Waals surface area contributed by atoms with Gasteiger partial charge >= 0.3 is 0 Å². The average molecular weight is 297 g/mol. The molecule has 0 amide bonds. The monoisotopic (exact) mass is 296 g/mol. The van der Waals surface area contributed by atoms with Crippen LogP contribution in [0, 0.1) is 11.8 Å². The molecule has 0 bridgehead atoms. The van der Waals surface area contributed by atoms with Crippen LogP contribution in [0.2, 0.25) is 0 Å². The predicted octanol–water partition coefficient (Wildman–Crippen LogP) is 3.45. The summed E-state index contributed by atoms with van der Waals surface area (Å²) >= 11 is 3.44. The summed E-state index contributed by atoms with van der Waals surface area (Å²) in [6, 6.07) is 8.36. The van der Waals surface area contributed by atoms with E-state index in [-0.39, 0.29) is 0 Å². The minimum absolute atomic E-state index is 0.850. The molecule has 2 unspecified atom stereocenters.